The van der Waals surface area contributed by atoms with E-state index < -0.39 is 0 Å². The summed E-state index contributed by atoms with van der Waals surface area (Å²) >= 11 is 12.4. The number of anilines is 1. The highest BCUT2D eigenvalue weighted by molar-refractivity contribution is 9.10. The van der Waals surface area contributed by atoms with Gasteiger partial charge in [0.05, 0.1) is 9.50 Å². The maximum Gasteiger partial charge on any atom is 0.140 e. The summed E-state index contributed by atoms with van der Waals surface area (Å²) in [6.07, 6.45) is 1.53. The maximum atomic E-state index is 13.5. The van der Waals surface area contributed by atoms with Crippen LogP contribution in [0.2, 0.25) is 5.02 Å². The SMILES string of the molecule is Fc1ccc(Br)cc1CNc1ncc(Cl)cc1Br. The van der Waals surface area contributed by atoms with Crippen LogP contribution in [0.3, 0.4) is 0 Å². The van der Waals surface area contributed by atoms with Crippen LogP contribution in [-0.4, -0.2) is 4.98 Å². The molecule has 0 amide bonds. The zero-order valence-electron chi connectivity index (χ0n) is 9.05. The Morgan fingerprint density at radius 2 is 2.06 bits per heavy atom. The smallest absolute Gasteiger partial charge is 0.140 e. The van der Waals surface area contributed by atoms with Gasteiger partial charge >= 0.3 is 0 Å². The van der Waals surface area contributed by atoms with Crippen molar-refractivity contribution in [2.45, 2.75) is 6.54 Å². The van der Waals surface area contributed by atoms with Crippen LogP contribution in [0.5, 0.6) is 0 Å². The lowest BCUT2D eigenvalue weighted by atomic mass is 10.2. The largest absolute Gasteiger partial charge is 0.365 e. The Labute approximate surface area is 126 Å². The third-order valence-electron chi connectivity index (χ3n) is 2.26. The molecule has 1 aromatic heterocycles. The highest BCUT2D eigenvalue weighted by Crippen LogP contribution is 2.24. The molecule has 0 aliphatic heterocycles. The second-order valence-corrected chi connectivity index (χ2v) is 5.78. The fourth-order valence-electron chi connectivity index (χ4n) is 1.40. The summed E-state index contributed by atoms with van der Waals surface area (Å²) in [5.74, 6) is 0.370. The van der Waals surface area contributed by atoms with E-state index in [1.165, 1.54) is 12.3 Å². The van der Waals surface area contributed by atoms with Gasteiger partial charge in [0.1, 0.15) is 11.6 Å². The van der Waals surface area contributed by atoms with Gasteiger partial charge in [-0.25, -0.2) is 9.37 Å². The standard InChI is InChI=1S/C12H8Br2ClFN2/c13-8-1-2-11(16)7(3-8)5-17-12-10(14)4-9(15)6-18-12/h1-4,6H,5H2,(H,17,18). The molecule has 1 N–H and O–H groups in total. The summed E-state index contributed by atoms with van der Waals surface area (Å²) in [6.45, 7) is 0.346. The molecule has 1 aromatic carbocycles. The van der Waals surface area contributed by atoms with E-state index in [1.807, 2.05) is 0 Å². The van der Waals surface area contributed by atoms with Crippen molar-refractivity contribution in [3.8, 4) is 0 Å². The number of nitrogens with zero attached hydrogens (tertiary/aromatic N) is 1. The van der Waals surface area contributed by atoms with Gasteiger partial charge in [0.15, 0.2) is 0 Å². The van der Waals surface area contributed by atoms with Crippen molar-refractivity contribution in [2.24, 2.45) is 0 Å². The predicted molar refractivity (Wildman–Crippen MR) is 78.4 cm³/mol. The molecule has 0 saturated carbocycles. The molecular weight excluding hydrogens is 386 g/mol. The Bertz CT molecular complexity index is 578. The number of aromatic nitrogens is 1. The van der Waals surface area contributed by atoms with E-state index >= 15 is 0 Å². The molecule has 94 valence electrons. The van der Waals surface area contributed by atoms with Crippen LogP contribution in [0.15, 0.2) is 39.4 Å². The minimum Gasteiger partial charge on any atom is -0.365 e. The highest BCUT2D eigenvalue weighted by atomic mass is 79.9. The van der Waals surface area contributed by atoms with Crippen LogP contribution >= 0.6 is 43.5 Å². The first-order valence-corrected chi connectivity index (χ1v) is 7.01. The van der Waals surface area contributed by atoms with Gasteiger partial charge in [-0.2, -0.15) is 0 Å². The van der Waals surface area contributed by atoms with E-state index in [4.69, 9.17) is 11.6 Å². The van der Waals surface area contributed by atoms with Crippen LogP contribution in [-0.2, 0) is 6.54 Å². The summed E-state index contributed by atoms with van der Waals surface area (Å²) in [6, 6.07) is 6.54. The molecule has 0 aliphatic carbocycles. The van der Waals surface area contributed by atoms with Crippen molar-refractivity contribution >= 4 is 49.3 Å². The fraction of sp³-hybridized carbons (Fsp3) is 0.0833. The Morgan fingerprint density at radius 1 is 1.28 bits per heavy atom. The lowest BCUT2D eigenvalue weighted by molar-refractivity contribution is 0.612. The van der Waals surface area contributed by atoms with Gasteiger partial charge in [-0.3, -0.25) is 0 Å². The topological polar surface area (TPSA) is 24.9 Å². The third-order valence-corrected chi connectivity index (χ3v) is 3.57. The Hall–Kier alpha value is -0.650. The van der Waals surface area contributed by atoms with Crippen LogP contribution in [0.25, 0.3) is 0 Å². The van der Waals surface area contributed by atoms with Crippen molar-refractivity contribution in [3.63, 3.8) is 0 Å². The molecule has 6 heteroatoms. The van der Waals surface area contributed by atoms with Crippen molar-refractivity contribution in [1.82, 2.24) is 4.98 Å². The second-order valence-electron chi connectivity index (χ2n) is 3.57. The third kappa shape index (κ3) is 3.43. The Morgan fingerprint density at radius 3 is 2.78 bits per heavy atom. The summed E-state index contributed by atoms with van der Waals surface area (Å²) < 4.78 is 15.1. The number of hydrogen-bond donors (Lipinski definition) is 1. The number of rotatable bonds is 3. The normalized spacial score (nSPS) is 10.4. The number of benzene rings is 1. The summed E-state index contributed by atoms with van der Waals surface area (Å²) in [7, 11) is 0. The number of hydrogen-bond acceptors (Lipinski definition) is 2. The van der Waals surface area contributed by atoms with Crippen LogP contribution in [0.1, 0.15) is 5.56 Å². The zero-order valence-corrected chi connectivity index (χ0v) is 13.0. The van der Waals surface area contributed by atoms with Crippen LogP contribution in [0, 0.1) is 5.82 Å². The molecule has 2 rings (SSSR count). The lowest BCUT2D eigenvalue weighted by Gasteiger charge is -2.09. The minimum atomic E-state index is -0.254. The molecule has 0 aliphatic rings. The quantitative estimate of drug-likeness (QED) is 0.792. The molecule has 18 heavy (non-hydrogen) atoms. The van der Waals surface area contributed by atoms with Gasteiger partial charge < -0.3 is 5.32 Å². The van der Waals surface area contributed by atoms with Gasteiger partial charge in [-0.05, 0) is 40.2 Å². The molecule has 0 saturated heterocycles. The monoisotopic (exact) mass is 392 g/mol. The van der Waals surface area contributed by atoms with E-state index in [1.54, 1.807) is 18.2 Å². The van der Waals surface area contributed by atoms with E-state index in [0.717, 1.165) is 8.95 Å². The zero-order chi connectivity index (χ0) is 13.1. The van der Waals surface area contributed by atoms with E-state index in [0.29, 0.717) is 22.9 Å². The molecule has 1 heterocycles. The molecule has 2 nitrogen and oxygen atoms in total. The second kappa shape index (κ2) is 5.99. The lowest BCUT2D eigenvalue weighted by Crippen LogP contribution is -2.04. The van der Waals surface area contributed by atoms with Gasteiger partial charge in [0, 0.05) is 22.8 Å². The number of pyridine rings is 1. The molecule has 0 spiro atoms. The first-order valence-electron chi connectivity index (χ1n) is 5.05. The van der Waals surface area contributed by atoms with Crippen molar-refractivity contribution < 1.29 is 4.39 Å². The van der Waals surface area contributed by atoms with Gasteiger partial charge in [0.2, 0.25) is 0 Å². The Kier molecular flexibility index (Phi) is 4.59. The molecular formula is C12H8Br2ClFN2. The summed E-state index contributed by atoms with van der Waals surface area (Å²) in [5.41, 5.74) is 0.563. The highest BCUT2D eigenvalue weighted by Gasteiger charge is 2.05. The van der Waals surface area contributed by atoms with Crippen molar-refractivity contribution in [1.29, 1.82) is 0 Å². The first kappa shape index (κ1) is 13.8. The molecule has 2 aromatic rings. The van der Waals surface area contributed by atoms with Crippen molar-refractivity contribution in [3.05, 3.63) is 55.8 Å². The summed E-state index contributed by atoms with van der Waals surface area (Å²) in [4.78, 5) is 4.12. The molecule has 0 radical (unpaired) electrons. The average molecular weight is 394 g/mol. The molecule has 0 bridgehead atoms. The number of halogens is 4. The fourth-order valence-corrected chi connectivity index (χ4v) is 2.59. The maximum absolute atomic E-state index is 13.5. The van der Waals surface area contributed by atoms with Crippen LogP contribution < -0.4 is 5.32 Å². The first-order chi connectivity index (χ1) is 8.56. The Balaban J connectivity index is 2.13. The van der Waals surface area contributed by atoms with Gasteiger partial charge in [0.25, 0.3) is 0 Å². The van der Waals surface area contributed by atoms with Gasteiger partial charge in [-0.15, -0.1) is 0 Å². The minimum absolute atomic E-state index is 0.254. The molecule has 0 atom stereocenters. The van der Waals surface area contributed by atoms with Crippen molar-refractivity contribution in [2.75, 3.05) is 5.32 Å². The predicted octanol–water partition coefficient (Wildman–Crippen LogP) is 5.01. The van der Waals surface area contributed by atoms with Gasteiger partial charge in [-0.1, -0.05) is 27.5 Å². The molecule has 0 unspecified atom stereocenters. The average Bonchev–Trinajstić information content (AvgIpc) is 2.32. The summed E-state index contributed by atoms with van der Waals surface area (Å²) in [5, 5.41) is 3.59. The van der Waals surface area contributed by atoms with Crippen LogP contribution in [0.4, 0.5) is 10.2 Å². The number of nitrogens with one attached hydrogen (secondary N) is 1. The molecule has 0 fully saturated rings. The van der Waals surface area contributed by atoms with E-state index in [2.05, 4.69) is 42.2 Å². The van der Waals surface area contributed by atoms with E-state index in [9.17, 15) is 4.39 Å². The van der Waals surface area contributed by atoms with E-state index in [-0.39, 0.29) is 5.82 Å².